The molecule has 1 saturated heterocycles. The molecule has 1 aliphatic heterocycles. The molecule has 1 unspecified atom stereocenters. The van der Waals surface area contributed by atoms with E-state index in [0.717, 1.165) is 32.5 Å². The van der Waals surface area contributed by atoms with Gasteiger partial charge < -0.3 is 14.3 Å². The van der Waals surface area contributed by atoms with Crippen LogP contribution in [0.2, 0.25) is 0 Å². The molecule has 5 heteroatoms. The average Bonchev–Trinajstić information content (AvgIpc) is 2.71. The van der Waals surface area contributed by atoms with Crippen LogP contribution in [0.3, 0.4) is 0 Å². The van der Waals surface area contributed by atoms with Crippen LogP contribution < -0.4 is 0 Å². The van der Waals surface area contributed by atoms with Crippen LogP contribution in [0, 0.1) is 6.92 Å². The summed E-state index contributed by atoms with van der Waals surface area (Å²) in [5, 5.41) is 9.00. The number of carbonyl (C=O) groups is 1. The van der Waals surface area contributed by atoms with E-state index in [0.29, 0.717) is 18.1 Å². The summed E-state index contributed by atoms with van der Waals surface area (Å²) in [7, 11) is 0. The fourth-order valence-electron chi connectivity index (χ4n) is 2.58. The van der Waals surface area contributed by atoms with Gasteiger partial charge in [-0.25, -0.2) is 4.79 Å². The minimum Gasteiger partial charge on any atom is -0.478 e. The Bertz CT molecular complexity index is 439. The lowest BCUT2D eigenvalue weighted by Gasteiger charge is -2.31. The second-order valence-electron chi connectivity index (χ2n) is 4.94. The minimum absolute atomic E-state index is 0.258. The molecular weight excluding hydrogens is 246 g/mol. The molecule has 1 fully saturated rings. The molecule has 1 atom stereocenters. The van der Waals surface area contributed by atoms with E-state index in [1.807, 2.05) is 6.92 Å². The van der Waals surface area contributed by atoms with Gasteiger partial charge in [-0.05, 0) is 39.3 Å². The summed E-state index contributed by atoms with van der Waals surface area (Å²) in [5.41, 5.74) is 0.258. The Labute approximate surface area is 113 Å². The Balaban J connectivity index is 1.97. The molecule has 0 radical (unpaired) electrons. The van der Waals surface area contributed by atoms with E-state index in [1.54, 1.807) is 13.0 Å². The van der Waals surface area contributed by atoms with Gasteiger partial charge in [0.1, 0.15) is 17.1 Å². The van der Waals surface area contributed by atoms with Gasteiger partial charge in [0.2, 0.25) is 0 Å². The monoisotopic (exact) mass is 267 g/mol. The van der Waals surface area contributed by atoms with Crippen LogP contribution in [0.1, 0.15) is 41.6 Å². The molecule has 1 N–H and O–H groups in total. The van der Waals surface area contributed by atoms with Crippen LogP contribution in [-0.4, -0.2) is 41.8 Å². The first kappa shape index (κ1) is 14.1. The lowest BCUT2D eigenvalue weighted by atomic mass is 10.1. The van der Waals surface area contributed by atoms with E-state index in [-0.39, 0.29) is 11.7 Å². The number of carboxylic acid groups (broad SMARTS) is 1. The van der Waals surface area contributed by atoms with Crippen molar-refractivity contribution in [2.75, 3.05) is 19.7 Å². The van der Waals surface area contributed by atoms with Gasteiger partial charge in [-0.2, -0.15) is 0 Å². The quantitative estimate of drug-likeness (QED) is 0.886. The van der Waals surface area contributed by atoms with Gasteiger partial charge in [0, 0.05) is 13.2 Å². The zero-order valence-corrected chi connectivity index (χ0v) is 11.5. The first-order chi connectivity index (χ1) is 9.10. The maximum Gasteiger partial charge on any atom is 0.339 e. The summed E-state index contributed by atoms with van der Waals surface area (Å²) < 4.78 is 11.2. The molecule has 1 aromatic heterocycles. The molecule has 1 aliphatic rings. The van der Waals surface area contributed by atoms with Crippen molar-refractivity contribution >= 4 is 5.97 Å². The number of ether oxygens (including phenoxy) is 1. The maximum atomic E-state index is 11.0. The van der Waals surface area contributed by atoms with Gasteiger partial charge in [-0.15, -0.1) is 0 Å². The summed E-state index contributed by atoms with van der Waals surface area (Å²) in [4.78, 5) is 13.2. The van der Waals surface area contributed by atoms with E-state index in [9.17, 15) is 4.79 Å². The standard InChI is InChI=1S/C14H21NO4/c1-3-18-11-5-4-6-15(8-11)9-12-7-13(14(16)17)10(2)19-12/h7,11H,3-6,8-9H2,1-2H3,(H,16,17). The second kappa shape index (κ2) is 6.21. The molecule has 0 saturated carbocycles. The molecule has 2 rings (SSSR count). The minimum atomic E-state index is -0.932. The summed E-state index contributed by atoms with van der Waals surface area (Å²) in [5.74, 6) is 0.256. The van der Waals surface area contributed by atoms with Crippen LogP contribution >= 0.6 is 0 Å². The third kappa shape index (κ3) is 3.58. The molecule has 0 bridgehead atoms. The number of rotatable bonds is 5. The highest BCUT2D eigenvalue weighted by molar-refractivity contribution is 5.88. The third-order valence-electron chi connectivity index (χ3n) is 3.44. The van der Waals surface area contributed by atoms with Crippen molar-refractivity contribution in [1.29, 1.82) is 0 Å². The first-order valence-corrected chi connectivity index (χ1v) is 6.76. The number of aromatic carboxylic acids is 1. The Morgan fingerprint density at radius 2 is 2.42 bits per heavy atom. The summed E-state index contributed by atoms with van der Waals surface area (Å²) in [6, 6.07) is 1.63. The van der Waals surface area contributed by atoms with Crippen molar-refractivity contribution in [3.8, 4) is 0 Å². The lowest BCUT2D eigenvalue weighted by Crippen LogP contribution is -2.39. The zero-order chi connectivity index (χ0) is 13.8. The van der Waals surface area contributed by atoms with Crippen molar-refractivity contribution in [3.05, 3.63) is 23.2 Å². The topological polar surface area (TPSA) is 62.9 Å². The molecule has 5 nitrogen and oxygen atoms in total. The lowest BCUT2D eigenvalue weighted by molar-refractivity contribution is 0.00196. The van der Waals surface area contributed by atoms with Crippen molar-refractivity contribution in [2.45, 2.75) is 39.3 Å². The Hall–Kier alpha value is -1.33. The highest BCUT2D eigenvalue weighted by atomic mass is 16.5. The predicted octanol–water partition coefficient (Wildman–Crippen LogP) is 2.29. The number of likely N-dealkylation sites (tertiary alicyclic amines) is 1. The number of furan rings is 1. The first-order valence-electron chi connectivity index (χ1n) is 6.76. The van der Waals surface area contributed by atoms with Crippen molar-refractivity contribution < 1.29 is 19.1 Å². The summed E-state index contributed by atoms with van der Waals surface area (Å²) in [6.07, 6.45) is 2.49. The van der Waals surface area contributed by atoms with Crippen LogP contribution in [0.5, 0.6) is 0 Å². The smallest absolute Gasteiger partial charge is 0.339 e. The van der Waals surface area contributed by atoms with E-state index >= 15 is 0 Å². The van der Waals surface area contributed by atoms with E-state index < -0.39 is 5.97 Å². The van der Waals surface area contributed by atoms with Gasteiger partial charge in [-0.3, -0.25) is 4.90 Å². The van der Waals surface area contributed by atoms with Gasteiger partial charge in [0.05, 0.1) is 12.6 Å². The Kier molecular flexibility index (Phi) is 4.61. The summed E-state index contributed by atoms with van der Waals surface area (Å²) >= 11 is 0. The molecule has 19 heavy (non-hydrogen) atoms. The third-order valence-corrected chi connectivity index (χ3v) is 3.44. The van der Waals surface area contributed by atoms with Gasteiger partial charge in [-0.1, -0.05) is 0 Å². The van der Waals surface area contributed by atoms with Crippen molar-refractivity contribution in [2.24, 2.45) is 0 Å². The predicted molar refractivity (Wildman–Crippen MR) is 70.3 cm³/mol. The molecule has 2 heterocycles. The Morgan fingerprint density at radius 1 is 1.63 bits per heavy atom. The second-order valence-corrected chi connectivity index (χ2v) is 4.94. The van der Waals surface area contributed by atoms with Gasteiger partial charge >= 0.3 is 5.97 Å². The van der Waals surface area contributed by atoms with Gasteiger partial charge in [0.25, 0.3) is 0 Å². The zero-order valence-electron chi connectivity index (χ0n) is 11.5. The van der Waals surface area contributed by atoms with E-state index in [1.165, 1.54) is 0 Å². The number of nitrogens with zero attached hydrogens (tertiary/aromatic N) is 1. The number of hydrogen-bond acceptors (Lipinski definition) is 4. The average molecular weight is 267 g/mol. The van der Waals surface area contributed by atoms with Crippen LogP contribution in [0.15, 0.2) is 10.5 Å². The highest BCUT2D eigenvalue weighted by Crippen LogP contribution is 2.19. The van der Waals surface area contributed by atoms with Crippen molar-refractivity contribution in [1.82, 2.24) is 4.90 Å². The largest absolute Gasteiger partial charge is 0.478 e. The highest BCUT2D eigenvalue weighted by Gasteiger charge is 2.22. The van der Waals surface area contributed by atoms with Gasteiger partial charge in [0.15, 0.2) is 0 Å². The molecule has 106 valence electrons. The van der Waals surface area contributed by atoms with E-state index in [4.69, 9.17) is 14.3 Å². The van der Waals surface area contributed by atoms with Crippen LogP contribution in [-0.2, 0) is 11.3 Å². The fraction of sp³-hybridized carbons (Fsp3) is 0.643. The number of hydrogen-bond donors (Lipinski definition) is 1. The normalized spacial score (nSPS) is 20.6. The maximum absolute atomic E-state index is 11.0. The van der Waals surface area contributed by atoms with Crippen LogP contribution in [0.4, 0.5) is 0 Å². The number of carboxylic acids is 1. The van der Waals surface area contributed by atoms with Crippen LogP contribution in [0.25, 0.3) is 0 Å². The number of aryl methyl sites for hydroxylation is 1. The summed E-state index contributed by atoms with van der Waals surface area (Å²) in [6.45, 7) is 6.97. The molecule has 0 amide bonds. The Morgan fingerprint density at radius 3 is 3.05 bits per heavy atom. The fourth-order valence-corrected chi connectivity index (χ4v) is 2.58. The molecule has 0 aliphatic carbocycles. The SMILES string of the molecule is CCOC1CCCN(Cc2cc(C(=O)O)c(C)o2)C1. The van der Waals surface area contributed by atoms with E-state index in [2.05, 4.69) is 4.90 Å². The van der Waals surface area contributed by atoms with Crippen molar-refractivity contribution in [3.63, 3.8) is 0 Å². The molecule has 0 spiro atoms. The molecule has 1 aromatic rings. The molecule has 0 aromatic carbocycles. The molecular formula is C14H21NO4. The number of piperidine rings is 1.